The maximum atomic E-state index is 6.45. The van der Waals surface area contributed by atoms with Crippen molar-refractivity contribution in [2.75, 3.05) is 27.2 Å². The molecule has 1 aromatic carbocycles. The Labute approximate surface area is 152 Å². The molecular formula is C18H23ClN4S. The van der Waals surface area contributed by atoms with Crippen molar-refractivity contribution in [1.82, 2.24) is 19.6 Å². The highest BCUT2D eigenvalue weighted by molar-refractivity contribution is 7.07. The lowest BCUT2D eigenvalue weighted by molar-refractivity contribution is 0.224. The number of fused-ring (bicyclic) bond motifs is 1. The summed E-state index contributed by atoms with van der Waals surface area (Å²) in [6.45, 7) is 3.73. The van der Waals surface area contributed by atoms with Crippen LogP contribution in [0.4, 0.5) is 0 Å². The Morgan fingerprint density at radius 3 is 2.71 bits per heavy atom. The van der Waals surface area contributed by atoms with E-state index in [1.165, 1.54) is 5.56 Å². The second kappa shape index (κ2) is 7.66. The quantitative estimate of drug-likeness (QED) is 0.638. The summed E-state index contributed by atoms with van der Waals surface area (Å²) < 4.78 is 1.92. The predicted molar refractivity (Wildman–Crippen MR) is 103 cm³/mol. The lowest BCUT2D eigenvalue weighted by Gasteiger charge is -2.23. The zero-order valence-corrected chi connectivity index (χ0v) is 15.9. The van der Waals surface area contributed by atoms with Gasteiger partial charge in [0.25, 0.3) is 0 Å². The molecule has 0 saturated heterocycles. The van der Waals surface area contributed by atoms with Gasteiger partial charge in [0.15, 0.2) is 0 Å². The van der Waals surface area contributed by atoms with E-state index in [9.17, 15) is 0 Å². The number of aromatic nitrogens is 2. The largest absolute Gasteiger partial charge is 0.308 e. The van der Waals surface area contributed by atoms with Gasteiger partial charge >= 0.3 is 0 Å². The van der Waals surface area contributed by atoms with Crippen LogP contribution in [0, 0.1) is 0 Å². The fourth-order valence-electron chi connectivity index (χ4n) is 2.87. The Hall–Kier alpha value is -1.40. The molecule has 0 bridgehead atoms. The summed E-state index contributed by atoms with van der Waals surface area (Å²) in [6, 6.07) is 8.18. The van der Waals surface area contributed by atoms with Gasteiger partial charge in [0.05, 0.1) is 16.2 Å². The molecule has 0 atom stereocenters. The van der Waals surface area contributed by atoms with Gasteiger partial charge in [-0.3, -0.25) is 9.58 Å². The summed E-state index contributed by atoms with van der Waals surface area (Å²) in [5.41, 5.74) is 3.48. The fraction of sp³-hybridized carbons (Fsp3) is 0.389. The molecule has 2 aromatic heterocycles. The van der Waals surface area contributed by atoms with E-state index in [2.05, 4.69) is 46.8 Å². The summed E-state index contributed by atoms with van der Waals surface area (Å²) >= 11 is 8.19. The Morgan fingerprint density at radius 1 is 1.17 bits per heavy atom. The summed E-state index contributed by atoms with van der Waals surface area (Å²) in [6.07, 6.45) is 0. The number of likely N-dealkylation sites (N-methyl/N-ethyl adjacent to an activating group) is 1. The maximum Gasteiger partial charge on any atom is 0.0858 e. The molecule has 0 N–H and O–H groups in total. The van der Waals surface area contributed by atoms with Gasteiger partial charge in [-0.25, -0.2) is 0 Å². The SMILES string of the molecule is CN(C)CCN(Cc1ccsc1)Cc1nn(C)c2cccc(Cl)c12. The average molecular weight is 363 g/mol. The van der Waals surface area contributed by atoms with Crippen molar-refractivity contribution in [2.24, 2.45) is 7.05 Å². The summed E-state index contributed by atoms with van der Waals surface area (Å²) in [5.74, 6) is 0. The van der Waals surface area contributed by atoms with Gasteiger partial charge in [0.1, 0.15) is 0 Å². The fourth-order valence-corrected chi connectivity index (χ4v) is 3.81. The standard InChI is InChI=1S/C18H23ClN4S/c1-21(2)8-9-23(11-14-7-10-24-13-14)12-16-18-15(19)5-4-6-17(18)22(3)20-16/h4-7,10,13H,8-9,11-12H2,1-3H3. The van der Waals surface area contributed by atoms with Crippen LogP contribution in [0.2, 0.25) is 5.02 Å². The molecule has 2 heterocycles. The van der Waals surface area contributed by atoms with Crippen LogP contribution in [-0.4, -0.2) is 46.8 Å². The van der Waals surface area contributed by atoms with Crippen LogP contribution in [0.3, 0.4) is 0 Å². The number of hydrogen-bond donors (Lipinski definition) is 0. The molecule has 6 heteroatoms. The van der Waals surface area contributed by atoms with Gasteiger partial charge in [-0.1, -0.05) is 17.7 Å². The van der Waals surface area contributed by atoms with Crippen molar-refractivity contribution in [1.29, 1.82) is 0 Å². The molecule has 0 saturated carbocycles. The van der Waals surface area contributed by atoms with Gasteiger partial charge in [0.2, 0.25) is 0 Å². The number of hydrogen-bond acceptors (Lipinski definition) is 4. The molecule has 0 radical (unpaired) electrons. The van der Waals surface area contributed by atoms with Crippen LogP contribution in [0.1, 0.15) is 11.3 Å². The van der Waals surface area contributed by atoms with Crippen molar-refractivity contribution < 1.29 is 0 Å². The first kappa shape index (κ1) is 17.4. The normalized spacial score (nSPS) is 11.9. The first-order valence-corrected chi connectivity index (χ1v) is 9.35. The number of thiophene rings is 1. The van der Waals surface area contributed by atoms with Gasteiger partial charge in [0, 0.05) is 38.6 Å². The minimum absolute atomic E-state index is 0.777. The van der Waals surface area contributed by atoms with E-state index < -0.39 is 0 Å². The number of aryl methyl sites for hydroxylation is 1. The zero-order chi connectivity index (χ0) is 17.1. The highest BCUT2D eigenvalue weighted by atomic mass is 35.5. The molecule has 24 heavy (non-hydrogen) atoms. The van der Waals surface area contributed by atoms with Crippen LogP contribution in [0.15, 0.2) is 35.0 Å². The molecule has 0 aliphatic rings. The van der Waals surface area contributed by atoms with E-state index in [0.29, 0.717) is 0 Å². The maximum absolute atomic E-state index is 6.45. The molecule has 3 rings (SSSR count). The van der Waals surface area contributed by atoms with Crippen molar-refractivity contribution in [3.63, 3.8) is 0 Å². The van der Waals surface area contributed by atoms with Crippen molar-refractivity contribution in [2.45, 2.75) is 13.1 Å². The minimum Gasteiger partial charge on any atom is -0.308 e. The molecule has 0 aliphatic carbocycles. The van der Waals surface area contributed by atoms with E-state index >= 15 is 0 Å². The van der Waals surface area contributed by atoms with E-state index in [0.717, 1.165) is 47.8 Å². The lowest BCUT2D eigenvalue weighted by atomic mass is 10.2. The van der Waals surface area contributed by atoms with Crippen molar-refractivity contribution in [3.05, 3.63) is 51.3 Å². The number of benzene rings is 1. The molecule has 3 aromatic rings. The smallest absolute Gasteiger partial charge is 0.0858 e. The average Bonchev–Trinajstić information content (AvgIpc) is 3.14. The van der Waals surface area contributed by atoms with Crippen molar-refractivity contribution >= 4 is 33.8 Å². The molecule has 0 spiro atoms. The van der Waals surface area contributed by atoms with Gasteiger partial charge in [-0.2, -0.15) is 16.4 Å². The summed E-state index contributed by atoms with van der Waals surface area (Å²) in [7, 11) is 6.19. The molecule has 0 aliphatic heterocycles. The van der Waals surface area contributed by atoms with E-state index in [4.69, 9.17) is 16.7 Å². The topological polar surface area (TPSA) is 24.3 Å². The first-order chi connectivity index (χ1) is 11.5. The Balaban J connectivity index is 1.86. The van der Waals surface area contributed by atoms with Crippen LogP contribution >= 0.6 is 22.9 Å². The van der Waals surface area contributed by atoms with E-state index in [1.807, 2.05) is 23.9 Å². The molecule has 4 nitrogen and oxygen atoms in total. The van der Waals surface area contributed by atoms with Crippen LogP contribution < -0.4 is 0 Å². The van der Waals surface area contributed by atoms with E-state index in [1.54, 1.807) is 11.3 Å². The molecule has 0 unspecified atom stereocenters. The molecule has 0 amide bonds. The zero-order valence-electron chi connectivity index (χ0n) is 14.4. The lowest BCUT2D eigenvalue weighted by Crippen LogP contribution is -2.31. The number of rotatable bonds is 7. The minimum atomic E-state index is 0.777. The molecule has 128 valence electrons. The highest BCUT2D eigenvalue weighted by Gasteiger charge is 2.16. The van der Waals surface area contributed by atoms with Gasteiger partial charge in [-0.05, 0) is 48.6 Å². The summed E-state index contributed by atoms with van der Waals surface area (Å²) in [5, 5.41) is 10.9. The third kappa shape index (κ3) is 3.98. The number of halogens is 1. The first-order valence-electron chi connectivity index (χ1n) is 8.03. The summed E-state index contributed by atoms with van der Waals surface area (Å²) in [4.78, 5) is 4.65. The highest BCUT2D eigenvalue weighted by Crippen LogP contribution is 2.27. The predicted octanol–water partition coefficient (Wildman–Crippen LogP) is 3.85. The Morgan fingerprint density at radius 2 is 2.00 bits per heavy atom. The second-order valence-corrected chi connectivity index (χ2v) is 7.54. The Bertz CT molecular complexity index is 795. The van der Waals surface area contributed by atoms with Crippen LogP contribution in [-0.2, 0) is 20.1 Å². The third-order valence-corrected chi connectivity index (χ3v) is 5.17. The monoisotopic (exact) mass is 362 g/mol. The van der Waals surface area contributed by atoms with Gasteiger partial charge in [-0.15, -0.1) is 0 Å². The van der Waals surface area contributed by atoms with E-state index in [-0.39, 0.29) is 0 Å². The third-order valence-electron chi connectivity index (χ3n) is 4.12. The van der Waals surface area contributed by atoms with Crippen LogP contribution in [0.5, 0.6) is 0 Å². The molecular weight excluding hydrogens is 340 g/mol. The van der Waals surface area contributed by atoms with Crippen LogP contribution in [0.25, 0.3) is 10.9 Å². The van der Waals surface area contributed by atoms with Crippen molar-refractivity contribution in [3.8, 4) is 0 Å². The molecule has 0 fully saturated rings. The Kier molecular flexibility index (Phi) is 5.56. The van der Waals surface area contributed by atoms with Gasteiger partial charge < -0.3 is 4.90 Å². The number of nitrogens with zero attached hydrogens (tertiary/aromatic N) is 4. The second-order valence-electron chi connectivity index (χ2n) is 6.35.